The molecular weight excluding hydrogens is 475 g/mol. The average molecular weight is 501 g/mol. The van der Waals surface area contributed by atoms with Crippen LogP contribution >= 0.6 is 23.2 Å². The molecule has 0 unspecified atom stereocenters. The fourth-order valence-corrected chi connectivity index (χ4v) is 5.00. The molecule has 2 N–H and O–H groups in total. The lowest BCUT2D eigenvalue weighted by Crippen LogP contribution is -2.48. The molecule has 0 saturated heterocycles. The molecule has 4 rings (SSSR count). The zero-order valence-corrected chi connectivity index (χ0v) is 20.5. The molecule has 0 aliphatic heterocycles. The highest BCUT2D eigenvalue weighted by molar-refractivity contribution is 6.41. The smallest absolute Gasteiger partial charge is 0.243 e. The van der Waals surface area contributed by atoms with E-state index in [1.807, 2.05) is 18.2 Å². The van der Waals surface area contributed by atoms with Gasteiger partial charge in [-0.2, -0.15) is 0 Å². The van der Waals surface area contributed by atoms with Gasteiger partial charge < -0.3 is 20.1 Å². The minimum absolute atomic E-state index is 0.00764. The van der Waals surface area contributed by atoms with Gasteiger partial charge in [0, 0.05) is 35.3 Å². The van der Waals surface area contributed by atoms with Crippen LogP contribution in [0.4, 0.5) is 5.95 Å². The molecule has 1 aliphatic carbocycles. The van der Waals surface area contributed by atoms with Crippen molar-refractivity contribution in [2.45, 2.75) is 37.8 Å². The van der Waals surface area contributed by atoms with Crippen LogP contribution in [0.5, 0.6) is 11.5 Å². The minimum Gasteiger partial charge on any atom is -0.495 e. The molecule has 9 heteroatoms. The van der Waals surface area contributed by atoms with E-state index in [1.165, 1.54) is 6.08 Å². The van der Waals surface area contributed by atoms with Crippen LogP contribution in [-0.2, 0) is 4.79 Å². The van der Waals surface area contributed by atoms with E-state index in [4.69, 9.17) is 32.7 Å². The van der Waals surface area contributed by atoms with E-state index in [0.29, 0.717) is 33.1 Å². The van der Waals surface area contributed by atoms with Gasteiger partial charge in [-0.25, -0.2) is 9.97 Å². The van der Waals surface area contributed by atoms with E-state index in [1.54, 1.807) is 26.5 Å². The van der Waals surface area contributed by atoms with Crippen molar-refractivity contribution in [2.75, 3.05) is 19.5 Å². The molecule has 0 spiro atoms. The molecule has 2 atom stereocenters. The van der Waals surface area contributed by atoms with Gasteiger partial charge in [-0.05, 0) is 36.6 Å². The second kappa shape index (κ2) is 10.5. The molecule has 34 heavy (non-hydrogen) atoms. The Labute approximate surface area is 208 Å². The van der Waals surface area contributed by atoms with Crippen molar-refractivity contribution in [3.63, 3.8) is 0 Å². The molecule has 3 aromatic rings. The summed E-state index contributed by atoms with van der Waals surface area (Å²) in [6.07, 6.45) is 7.04. The number of aromatic nitrogens is 2. The standard InChI is InChI=1S/C25H26Cl2N4O3/c1-4-21(32)29-17-7-5-6-8-18(17)31-25-28-13-15-11-14(9-10-16(15)30-25)22-23(26)19(33-2)12-20(34-3)24(22)27/h4,9-13,17-18H,1,5-8H2,2-3H3,(H,29,32)(H,28,30,31)/t17-,18-/m0/s1. The summed E-state index contributed by atoms with van der Waals surface area (Å²) in [6.45, 7) is 3.54. The second-order valence-electron chi connectivity index (χ2n) is 8.11. The van der Waals surface area contributed by atoms with Crippen LogP contribution < -0.4 is 20.1 Å². The number of carbonyl (C=O) groups excluding carboxylic acids is 1. The highest BCUT2D eigenvalue weighted by atomic mass is 35.5. The topological polar surface area (TPSA) is 85.4 Å². The maximum absolute atomic E-state index is 11.8. The molecule has 1 aliphatic rings. The first-order chi connectivity index (χ1) is 16.4. The molecule has 1 saturated carbocycles. The van der Waals surface area contributed by atoms with Crippen molar-refractivity contribution < 1.29 is 14.3 Å². The van der Waals surface area contributed by atoms with Gasteiger partial charge in [0.05, 0.1) is 29.8 Å². The lowest BCUT2D eigenvalue weighted by Gasteiger charge is -2.32. The summed E-state index contributed by atoms with van der Waals surface area (Å²) in [4.78, 5) is 21.0. The summed E-state index contributed by atoms with van der Waals surface area (Å²) in [7, 11) is 3.08. The van der Waals surface area contributed by atoms with E-state index < -0.39 is 0 Å². The van der Waals surface area contributed by atoms with E-state index in [9.17, 15) is 4.79 Å². The predicted octanol–water partition coefficient (Wildman–Crippen LogP) is 5.65. The molecule has 178 valence electrons. The number of carbonyl (C=O) groups is 1. The number of hydrogen-bond acceptors (Lipinski definition) is 6. The van der Waals surface area contributed by atoms with Crippen LogP contribution in [0.3, 0.4) is 0 Å². The maximum atomic E-state index is 11.8. The Hall–Kier alpha value is -3.03. The molecule has 1 amide bonds. The van der Waals surface area contributed by atoms with Crippen LogP contribution in [0, 0.1) is 0 Å². The Morgan fingerprint density at radius 2 is 1.76 bits per heavy atom. The predicted molar refractivity (Wildman–Crippen MR) is 136 cm³/mol. The van der Waals surface area contributed by atoms with Crippen LogP contribution in [-0.4, -0.2) is 42.2 Å². The molecule has 1 heterocycles. The number of ether oxygens (including phenoxy) is 2. The number of methoxy groups -OCH3 is 2. The summed E-state index contributed by atoms with van der Waals surface area (Å²) in [5, 5.41) is 8.04. The van der Waals surface area contributed by atoms with Gasteiger partial charge in [-0.3, -0.25) is 4.79 Å². The fourth-order valence-electron chi connectivity index (χ4n) is 4.28. The van der Waals surface area contributed by atoms with Gasteiger partial charge in [-0.15, -0.1) is 0 Å². The molecule has 0 radical (unpaired) electrons. The third kappa shape index (κ3) is 4.91. The molecule has 7 nitrogen and oxygen atoms in total. The molecule has 2 aromatic carbocycles. The zero-order chi connectivity index (χ0) is 24.2. The number of anilines is 1. The van der Waals surface area contributed by atoms with Gasteiger partial charge in [0.2, 0.25) is 11.9 Å². The minimum atomic E-state index is -0.169. The summed E-state index contributed by atoms with van der Waals surface area (Å²) >= 11 is 13.2. The van der Waals surface area contributed by atoms with Gasteiger partial charge in [0.15, 0.2) is 0 Å². The third-order valence-electron chi connectivity index (χ3n) is 6.04. The zero-order valence-electron chi connectivity index (χ0n) is 19.0. The first-order valence-corrected chi connectivity index (χ1v) is 11.8. The number of benzene rings is 2. The summed E-state index contributed by atoms with van der Waals surface area (Å²) in [5.74, 6) is 1.29. The Morgan fingerprint density at radius 1 is 1.09 bits per heavy atom. The number of hydrogen-bond donors (Lipinski definition) is 2. The Balaban J connectivity index is 1.63. The largest absolute Gasteiger partial charge is 0.495 e. The number of rotatable bonds is 7. The fraction of sp³-hybridized carbons (Fsp3) is 0.320. The van der Waals surface area contributed by atoms with Gasteiger partial charge >= 0.3 is 0 Å². The van der Waals surface area contributed by atoms with E-state index in [2.05, 4.69) is 27.2 Å². The third-order valence-corrected chi connectivity index (χ3v) is 6.79. The van der Waals surface area contributed by atoms with Crippen molar-refractivity contribution >= 4 is 46.0 Å². The first kappa shape index (κ1) is 24.1. The Kier molecular flexibility index (Phi) is 7.44. The van der Waals surface area contributed by atoms with Crippen LogP contribution in [0.1, 0.15) is 25.7 Å². The molecule has 1 aromatic heterocycles. The average Bonchev–Trinajstić information content (AvgIpc) is 2.85. The van der Waals surface area contributed by atoms with Crippen molar-refractivity contribution in [1.82, 2.24) is 15.3 Å². The molecule has 0 bridgehead atoms. The van der Waals surface area contributed by atoms with Gasteiger partial charge in [0.1, 0.15) is 11.5 Å². The Bertz CT molecular complexity index is 1210. The van der Waals surface area contributed by atoms with Crippen molar-refractivity contribution in [3.05, 3.63) is 53.2 Å². The number of nitrogens with zero attached hydrogens (tertiary/aromatic N) is 2. The SMILES string of the molecule is C=CC(=O)N[C@H]1CCCC[C@@H]1Nc1ncc2cc(-c3c(Cl)c(OC)cc(OC)c3Cl)ccc2n1. The van der Waals surface area contributed by atoms with Gasteiger partial charge in [0.25, 0.3) is 0 Å². The van der Waals surface area contributed by atoms with Crippen molar-refractivity contribution in [3.8, 4) is 22.6 Å². The normalized spacial score (nSPS) is 17.8. The highest BCUT2D eigenvalue weighted by Crippen LogP contribution is 2.46. The van der Waals surface area contributed by atoms with Gasteiger partial charge in [-0.1, -0.05) is 48.7 Å². The van der Waals surface area contributed by atoms with Crippen LogP contribution in [0.2, 0.25) is 10.0 Å². The van der Waals surface area contributed by atoms with E-state index in [0.717, 1.165) is 42.1 Å². The lowest BCUT2D eigenvalue weighted by atomic mass is 9.90. The molecular formula is C25H26Cl2N4O3. The lowest BCUT2D eigenvalue weighted by molar-refractivity contribution is -0.117. The monoisotopic (exact) mass is 500 g/mol. The van der Waals surface area contributed by atoms with Crippen molar-refractivity contribution in [1.29, 1.82) is 0 Å². The number of nitrogens with one attached hydrogen (secondary N) is 2. The van der Waals surface area contributed by atoms with Crippen molar-refractivity contribution in [2.24, 2.45) is 0 Å². The summed E-state index contributed by atoms with van der Waals surface area (Å²) in [5.41, 5.74) is 2.18. The maximum Gasteiger partial charge on any atom is 0.243 e. The summed E-state index contributed by atoms with van der Waals surface area (Å²) in [6, 6.07) is 7.45. The number of halogens is 2. The van der Waals surface area contributed by atoms with Crippen LogP contribution in [0.25, 0.3) is 22.0 Å². The number of fused-ring (bicyclic) bond motifs is 1. The Morgan fingerprint density at radius 3 is 2.41 bits per heavy atom. The first-order valence-electron chi connectivity index (χ1n) is 11.0. The van der Waals surface area contributed by atoms with Crippen LogP contribution in [0.15, 0.2) is 43.1 Å². The molecule has 1 fully saturated rings. The van der Waals surface area contributed by atoms with E-state index >= 15 is 0 Å². The quantitative estimate of drug-likeness (QED) is 0.408. The summed E-state index contributed by atoms with van der Waals surface area (Å²) < 4.78 is 10.8. The highest BCUT2D eigenvalue weighted by Gasteiger charge is 2.26. The van der Waals surface area contributed by atoms with E-state index in [-0.39, 0.29) is 18.0 Å². The second-order valence-corrected chi connectivity index (χ2v) is 8.86. The number of amides is 1.